The fourth-order valence-electron chi connectivity index (χ4n) is 7.58. The zero-order valence-electron chi connectivity index (χ0n) is 31.5. The molecule has 0 unspecified atom stereocenters. The highest BCUT2D eigenvalue weighted by atomic mass is 16.5. The summed E-state index contributed by atoms with van der Waals surface area (Å²) in [4.78, 5) is 17.2. The zero-order valence-corrected chi connectivity index (χ0v) is 31.5. The number of fused-ring (bicyclic) bond motifs is 6. The van der Waals surface area contributed by atoms with E-state index in [1.165, 1.54) is 0 Å². The van der Waals surface area contributed by atoms with Crippen LogP contribution in [0.1, 0.15) is 12.8 Å². The third kappa shape index (κ3) is 6.68. The number of benzene rings is 6. The first kappa shape index (κ1) is 34.8. The van der Waals surface area contributed by atoms with Crippen molar-refractivity contribution in [2.45, 2.75) is 19.4 Å². The van der Waals surface area contributed by atoms with E-state index in [1.54, 1.807) is 0 Å². The van der Waals surface area contributed by atoms with Crippen LogP contribution >= 0.6 is 0 Å². The zero-order chi connectivity index (χ0) is 38.7. The van der Waals surface area contributed by atoms with Gasteiger partial charge in [-0.3, -0.25) is 9.97 Å². The number of unbranched alkanes of at least 4 members (excludes halogenated alkanes) is 1. The topological polar surface area (TPSA) is 95.0 Å². The molecule has 10 aromatic rings. The number of imidazole rings is 1. The number of hydrogen-bond acceptors (Lipinski definition) is 8. The molecule has 0 saturated heterocycles. The van der Waals surface area contributed by atoms with Crippen molar-refractivity contribution in [1.29, 1.82) is 0 Å². The number of aryl methyl sites for hydroxylation is 1. The second kappa shape index (κ2) is 15.5. The standard InChI is InChI=1S/C49H37N7O2/c1-4-14-35(15-5-1)48-53-54-49(58-48)36-24-28-40(29-25-36)57-33-11-10-32-55-46-42-21-13-31-51-44(42)43-41(20-12-30-50-43)45(46)52-47(55)34-22-26-39(27-23-34)56(37-16-6-2-7-17-37)38-18-8-3-9-19-38/h1-9,12-31H,10-11,32-33H2. The molecule has 0 atom stereocenters. The van der Waals surface area contributed by atoms with E-state index in [-0.39, 0.29) is 0 Å². The van der Waals surface area contributed by atoms with Crippen LogP contribution in [0.5, 0.6) is 5.75 Å². The Morgan fingerprint density at radius 3 is 1.71 bits per heavy atom. The maximum atomic E-state index is 6.22. The van der Waals surface area contributed by atoms with Gasteiger partial charge in [0.2, 0.25) is 11.8 Å². The van der Waals surface area contributed by atoms with Gasteiger partial charge in [0.1, 0.15) is 11.6 Å². The van der Waals surface area contributed by atoms with Gasteiger partial charge < -0.3 is 18.6 Å². The lowest BCUT2D eigenvalue weighted by Crippen LogP contribution is -2.09. The van der Waals surface area contributed by atoms with E-state index >= 15 is 0 Å². The minimum Gasteiger partial charge on any atom is -0.494 e. The summed E-state index contributed by atoms with van der Waals surface area (Å²) in [5.74, 6) is 2.66. The SMILES string of the molecule is c1ccc(-c2nnc(-c3ccc(OCCCCn4c(-c5ccc(N(c6ccccc6)c6ccccc6)cc5)nc5c6cccnc6c6ncccc6c54)cc3)o2)cc1. The molecule has 0 aliphatic heterocycles. The molecule has 4 aromatic heterocycles. The number of aromatic nitrogens is 6. The Morgan fingerprint density at radius 1 is 0.500 bits per heavy atom. The molecule has 9 nitrogen and oxygen atoms in total. The molecule has 10 rings (SSSR count). The monoisotopic (exact) mass is 755 g/mol. The molecule has 0 aliphatic carbocycles. The number of anilines is 3. The third-order valence-corrected chi connectivity index (χ3v) is 10.3. The van der Waals surface area contributed by atoms with Crippen molar-refractivity contribution in [2.75, 3.05) is 11.5 Å². The lowest BCUT2D eigenvalue weighted by Gasteiger charge is -2.25. The molecule has 0 radical (unpaired) electrons. The highest BCUT2D eigenvalue weighted by Gasteiger charge is 2.21. The minimum absolute atomic E-state index is 0.472. The minimum atomic E-state index is 0.472. The molecule has 0 fully saturated rings. The Morgan fingerprint density at radius 2 is 1.05 bits per heavy atom. The van der Waals surface area contributed by atoms with Crippen LogP contribution < -0.4 is 9.64 Å². The Hall–Kier alpha value is -7.65. The second-order valence-corrected chi connectivity index (χ2v) is 14.0. The lowest BCUT2D eigenvalue weighted by atomic mass is 10.1. The molecule has 0 amide bonds. The first-order valence-electron chi connectivity index (χ1n) is 19.4. The largest absolute Gasteiger partial charge is 0.494 e. The summed E-state index contributed by atoms with van der Waals surface area (Å²) in [6, 6.07) is 55.4. The quantitative estimate of drug-likeness (QED) is 0.0898. The van der Waals surface area contributed by atoms with E-state index in [2.05, 4.69) is 105 Å². The van der Waals surface area contributed by atoms with Gasteiger partial charge in [0.05, 0.1) is 28.7 Å². The summed E-state index contributed by atoms with van der Waals surface area (Å²) in [6.07, 6.45) is 5.38. The molecule has 0 aliphatic rings. The maximum Gasteiger partial charge on any atom is 0.248 e. The van der Waals surface area contributed by atoms with Crippen molar-refractivity contribution in [2.24, 2.45) is 0 Å². The molecule has 0 N–H and O–H groups in total. The Kier molecular flexibility index (Phi) is 9.29. The van der Waals surface area contributed by atoms with Crippen LogP contribution in [0.25, 0.3) is 67.1 Å². The van der Waals surface area contributed by atoms with Crippen molar-refractivity contribution >= 4 is 49.9 Å². The number of hydrogen-bond donors (Lipinski definition) is 0. The third-order valence-electron chi connectivity index (χ3n) is 10.3. The number of rotatable bonds is 12. The lowest BCUT2D eigenvalue weighted by molar-refractivity contribution is 0.303. The van der Waals surface area contributed by atoms with Gasteiger partial charge in [-0.1, -0.05) is 54.6 Å². The summed E-state index contributed by atoms with van der Waals surface area (Å²) in [6.45, 7) is 1.31. The summed E-state index contributed by atoms with van der Waals surface area (Å²) in [5, 5.41) is 10.5. The van der Waals surface area contributed by atoms with Crippen LogP contribution in [0.2, 0.25) is 0 Å². The second-order valence-electron chi connectivity index (χ2n) is 14.0. The van der Waals surface area contributed by atoms with E-state index in [1.807, 2.05) is 91.3 Å². The molecule has 0 saturated carbocycles. The predicted molar refractivity (Wildman–Crippen MR) is 230 cm³/mol. The number of ether oxygens (including phenoxy) is 1. The van der Waals surface area contributed by atoms with Gasteiger partial charge in [-0.25, -0.2) is 4.98 Å². The molecule has 0 bridgehead atoms. The first-order chi connectivity index (χ1) is 28.8. The summed E-state index contributed by atoms with van der Waals surface area (Å²) >= 11 is 0. The van der Waals surface area contributed by atoms with E-state index in [0.29, 0.717) is 18.4 Å². The summed E-state index contributed by atoms with van der Waals surface area (Å²) < 4.78 is 14.5. The highest BCUT2D eigenvalue weighted by molar-refractivity contribution is 6.21. The molecule has 6 aromatic carbocycles. The fraction of sp³-hybridized carbons (Fsp3) is 0.0816. The van der Waals surface area contributed by atoms with Gasteiger partial charge in [0, 0.05) is 63.5 Å². The predicted octanol–water partition coefficient (Wildman–Crippen LogP) is 11.8. The maximum absolute atomic E-state index is 6.22. The van der Waals surface area contributed by atoms with E-state index in [4.69, 9.17) is 24.1 Å². The number of nitrogens with zero attached hydrogens (tertiary/aromatic N) is 7. The van der Waals surface area contributed by atoms with Gasteiger partial charge in [0.15, 0.2) is 0 Å². The average Bonchev–Trinajstić information content (AvgIpc) is 3.95. The van der Waals surface area contributed by atoms with Crippen LogP contribution in [-0.4, -0.2) is 36.3 Å². The molecule has 280 valence electrons. The van der Waals surface area contributed by atoms with Crippen LogP contribution in [0.3, 0.4) is 0 Å². The molecule has 4 heterocycles. The van der Waals surface area contributed by atoms with Crippen LogP contribution in [0.4, 0.5) is 17.1 Å². The Labute approximate surface area is 334 Å². The molecule has 0 spiro atoms. The van der Waals surface area contributed by atoms with E-state index in [0.717, 1.165) is 97.6 Å². The Bertz CT molecular complexity index is 2930. The summed E-state index contributed by atoms with van der Waals surface area (Å²) in [7, 11) is 0. The van der Waals surface area contributed by atoms with Crippen LogP contribution in [-0.2, 0) is 6.54 Å². The summed E-state index contributed by atoms with van der Waals surface area (Å²) in [5.41, 5.74) is 9.72. The number of para-hydroxylation sites is 2. The molecule has 9 heteroatoms. The normalized spacial score (nSPS) is 11.4. The van der Waals surface area contributed by atoms with E-state index < -0.39 is 0 Å². The van der Waals surface area contributed by atoms with Gasteiger partial charge in [-0.2, -0.15) is 0 Å². The molecular formula is C49H37N7O2. The fourth-order valence-corrected chi connectivity index (χ4v) is 7.58. The van der Waals surface area contributed by atoms with Gasteiger partial charge in [0.25, 0.3) is 0 Å². The van der Waals surface area contributed by atoms with Crippen molar-refractivity contribution in [3.63, 3.8) is 0 Å². The van der Waals surface area contributed by atoms with Gasteiger partial charge in [-0.15, -0.1) is 10.2 Å². The average molecular weight is 756 g/mol. The van der Waals surface area contributed by atoms with Gasteiger partial charge >= 0.3 is 0 Å². The van der Waals surface area contributed by atoms with Crippen molar-refractivity contribution in [1.82, 2.24) is 29.7 Å². The van der Waals surface area contributed by atoms with Crippen LogP contribution in [0, 0.1) is 0 Å². The highest BCUT2D eigenvalue weighted by Crippen LogP contribution is 2.38. The van der Waals surface area contributed by atoms with Crippen LogP contribution in [0.15, 0.2) is 181 Å². The number of pyridine rings is 2. The Balaban J connectivity index is 0.926. The smallest absolute Gasteiger partial charge is 0.248 e. The first-order valence-corrected chi connectivity index (χ1v) is 19.4. The van der Waals surface area contributed by atoms with Crippen molar-refractivity contribution in [3.05, 3.63) is 176 Å². The van der Waals surface area contributed by atoms with Crippen molar-refractivity contribution < 1.29 is 9.15 Å². The molecule has 58 heavy (non-hydrogen) atoms. The van der Waals surface area contributed by atoms with Crippen molar-refractivity contribution in [3.8, 4) is 40.0 Å². The van der Waals surface area contributed by atoms with E-state index in [9.17, 15) is 0 Å². The van der Waals surface area contributed by atoms with Gasteiger partial charge in [-0.05, 0) is 122 Å². The molecular weight excluding hydrogens is 719 g/mol.